The lowest BCUT2D eigenvalue weighted by Crippen LogP contribution is -2.45. The summed E-state index contributed by atoms with van der Waals surface area (Å²) < 4.78 is 16.0. The molecule has 0 saturated carbocycles. The van der Waals surface area contributed by atoms with Gasteiger partial charge in [0.1, 0.15) is 18.5 Å². The number of carbonyl (C=O) groups excluding carboxylic acids is 5. The molecule has 3 unspecified atom stereocenters. The number of ether oxygens (including phenoxy) is 3. The number of anilines is 1. The molecule has 7 N–H and O–H groups in total. The smallest absolute Gasteiger partial charge is 0.407 e. The SMILES string of the molecule is CCNC(=O)OCc1ccc(OC(OC(C(=O)O)[C@H](C)O)[C@@H](O)CO)c(NC(=O)CCNC(=O)CCCCCN2C(=O)CC(C)C2=O)c1. The topological polar surface area (TPSA) is 250 Å². The van der Waals surface area contributed by atoms with Crippen LogP contribution in [0.5, 0.6) is 5.75 Å². The molecule has 0 aliphatic carbocycles. The van der Waals surface area contributed by atoms with Crippen molar-refractivity contribution >= 4 is 41.4 Å². The summed E-state index contributed by atoms with van der Waals surface area (Å²) in [5.41, 5.74) is 0.424. The van der Waals surface area contributed by atoms with Crippen molar-refractivity contribution in [3.8, 4) is 5.75 Å². The van der Waals surface area contributed by atoms with Gasteiger partial charge in [0.15, 0.2) is 6.10 Å². The first-order valence-corrected chi connectivity index (χ1v) is 15.7. The average Bonchev–Trinajstić information content (AvgIpc) is 3.27. The second-order valence-electron chi connectivity index (χ2n) is 11.3. The first-order chi connectivity index (χ1) is 22.8. The zero-order valence-electron chi connectivity index (χ0n) is 27.3. The van der Waals surface area contributed by atoms with E-state index >= 15 is 0 Å². The zero-order valence-corrected chi connectivity index (χ0v) is 27.3. The van der Waals surface area contributed by atoms with Crippen molar-refractivity contribution in [2.24, 2.45) is 5.92 Å². The maximum Gasteiger partial charge on any atom is 0.407 e. The number of rotatable bonds is 21. The Labute approximate surface area is 277 Å². The molecule has 2 rings (SSSR count). The van der Waals surface area contributed by atoms with Gasteiger partial charge in [0.2, 0.25) is 29.9 Å². The summed E-state index contributed by atoms with van der Waals surface area (Å²) in [4.78, 5) is 73.5. The van der Waals surface area contributed by atoms with Crippen LogP contribution in [0.15, 0.2) is 18.2 Å². The van der Waals surface area contributed by atoms with Crippen molar-refractivity contribution in [1.29, 1.82) is 0 Å². The van der Waals surface area contributed by atoms with Crippen LogP contribution >= 0.6 is 0 Å². The number of hydrogen-bond acceptors (Lipinski definition) is 12. The molecule has 1 heterocycles. The van der Waals surface area contributed by atoms with Gasteiger partial charge in [-0.2, -0.15) is 0 Å². The van der Waals surface area contributed by atoms with Crippen molar-refractivity contribution in [3.63, 3.8) is 0 Å². The summed E-state index contributed by atoms with van der Waals surface area (Å²) in [7, 11) is 0. The van der Waals surface area contributed by atoms with E-state index in [2.05, 4.69) is 16.0 Å². The van der Waals surface area contributed by atoms with Crippen LogP contribution in [-0.2, 0) is 40.1 Å². The number of carboxylic acid groups (broad SMARTS) is 1. The largest absolute Gasteiger partial charge is 0.479 e. The highest BCUT2D eigenvalue weighted by molar-refractivity contribution is 6.03. The predicted octanol–water partition coefficient (Wildman–Crippen LogP) is 0.242. The molecular weight excluding hydrogens is 636 g/mol. The molecule has 268 valence electrons. The molecule has 17 heteroatoms. The minimum Gasteiger partial charge on any atom is -0.479 e. The summed E-state index contributed by atoms with van der Waals surface area (Å²) >= 11 is 0. The minimum atomic E-state index is -1.83. The van der Waals surface area contributed by atoms with E-state index in [4.69, 9.17) is 14.2 Å². The predicted molar refractivity (Wildman–Crippen MR) is 167 cm³/mol. The van der Waals surface area contributed by atoms with E-state index in [1.54, 1.807) is 13.8 Å². The fourth-order valence-electron chi connectivity index (χ4n) is 4.57. The molecule has 5 atom stereocenters. The van der Waals surface area contributed by atoms with Crippen LogP contribution in [0.3, 0.4) is 0 Å². The molecule has 1 aromatic rings. The lowest BCUT2D eigenvalue weighted by atomic mass is 10.1. The summed E-state index contributed by atoms with van der Waals surface area (Å²) in [6.07, 6.45) is -5.59. The van der Waals surface area contributed by atoms with Gasteiger partial charge in [-0.25, -0.2) is 9.59 Å². The maximum atomic E-state index is 12.8. The van der Waals surface area contributed by atoms with Gasteiger partial charge in [-0.1, -0.05) is 19.4 Å². The Morgan fingerprint density at radius 3 is 2.38 bits per heavy atom. The number of alkyl carbamates (subject to hydrolysis) is 1. The molecule has 0 bridgehead atoms. The highest BCUT2D eigenvalue weighted by Gasteiger charge is 2.35. The fourth-order valence-corrected chi connectivity index (χ4v) is 4.57. The number of carbonyl (C=O) groups is 6. The second kappa shape index (κ2) is 20.1. The summed E-state index contributed by atoms with van der Waals surface area (Å²) in [5.74, 6) is -3.18. The average molecular weight is 683 g/mol. The normalized spacial score (nSPS) is 16.9. The van der Waals surface area contributed by atoms with Crippen molar-refractivity contribution in [2.75, 3.05) is 31.6 Å². The highest BCUT2D eigenvalue weighted by atomic mass is 16.7. The number of unbranched alkanes of at least 4 members (excludes halogenated alkanes) is 2. The first kappa shape index (κ1) is 39.9. The number of imide groups is 1. The molecule has 1 fully saturated rings. The van der Waals surface area contributed by atoms with Gasteiger partial charge >= 0.3 is 12.1 Å². The van der Waals surface area contributed by atoms with Crippen LogP contribution < -0.4 is 20.7 Å². The van der Waals surface area contributed by atoms with Gasteiger partial charge in [-0.3, -0.25) is 24.1 Å². The van der Waals surface area contributed by atoms with E-state index in [1.165, 1.54) is 23.1 Å². The van der Waals surface area contributed by atoms with Crippen LogP contribution in [0, 0.1) is 5.92 Å². The molecular formula is C31H46N4O13. The quantitative estimate of drug-likeness (QED) is 0.0522. The second-order valence-corrected chi connectivity index (χ2v) is 11.3. The number of hydrogen-bond donors (Lipinski definition) is 7. The monoisotopic (exact) mass is 682 g/mol. The van der Waals surface area contributed by atoms with E-state index in [0.717, 1.165) is 6.92 Å². The number of aliphatic carboxylic acids is 1. The number of amides is 5. The van der Waals surface area contributed by atoms with Crippen molar-refractivity contribution in [3.05, 3.63) is 23.8 Å². The Kier molecular flexibility index (Phi) is 16.7. The molecule has 1 aromatic carbocycles. The van der Waals surface area contributed by atoms with Gasteiger partial charge in [0, 0.05) is 44.8 Å². The fraction of sp³-hybridized carbons (Fsp3) is 0.613. The third-order valence-corrected chi connectivity index (χ3v) is 7.14. The van der Waals surface area contributed by atoms with Gasteiger partial charge < -0.3 is 50.6 Å². The van der Waals surface area contributed by atoms with Crippen LogP contribution in [-0.4, -0.2) is 112 Å². The van der Waals surface area contributed by atoms with Crippen molar-refractivity contribution in [1.82, 2.24) is 15.5 Å². The molecule has 1 aliphatic heterocycles. The lowest BCUT2D eigenvalue weighted by molar-refractivity contribution is -0.208. The van der Waals surface area contributed by atoms with Crippen molar-refractivity contribution in [2.45, 2.75) is 90.5 Å². The summed E-state index contributed by atoms with van der Waals surface area (Å²) in [5, 5.41) is 46.6. The van der Waals surface area contributed by atoms with Crippen LogP contribution in [0.1, 0.15) is 64.9 Å². The van der Waals surface area contributed by atoms with E-state index in [0.29, 0.717) is 37.9 Å². The Hall–Kier alpha value is -4.32. The van der Waals surface area contributed by atoms with Gasteiger partial charge in [-0.05, 0) is 44.4 Å². The van der Waals surface area contributed by atoms with Gasteiger partial charge in [0.05, 0.1) is 18.4 Å². The molecule has 5 amide bonds. The van der Waals surface area contributed by atoms with Crippen LogP contribution in [0.4, 0.5) is 10.5 Å². The molecule has 48 heavy (non-hydrogen) atoms. The van der Waals surface area contributed by atoms with E-state index in [-0.39, 0.29) is 67.5 Å². The molecule has 0 aromatic heterocycles. The van der Waals surface area contributed by atoms with E-state index in [1.807, 2.05) is 0 Å². The Morgan fingerprint density at radius 1 is 1.04 bits per heavy atom. The Morgan fingerprint density at radius 2 is 1.77 bits per heavy atom. The highest BCUT2D eigenvalue weighted by Crippen LogP contribution is 2.29. The van der Waals surface area contributed by atoms with Crippen LogP contribution in [0.2, 0.25) is 0 Å². The summed E-state index contributed by atoms with van der Waals surface area (Å²) in [6, 6.07) is 4.21. The minimum absolute atomic E-state index is 0.00958. The van der Waals surface area contributed by atoms with E-state index in [9.17, 15) is 49.2 Å². The molecule has 0 radical (unpaired) electrons. The number of nitrogens with one attached hydrogen (secondary N) is 3. The molecule has 17 nitrogen and oxygen atoms in total. The Balaban J connectivity index is 1.99. The summed E-state index contributed by atoms with van der Waals surface area (Å²) in [6.45, 7) is 4.13. The molecule has 0 spiro atoms. The van der Waals surface area contributed by atoms with Gasteiger partial charge in [0.25, 0.3) is 0 Å². The lowest BCUT2D eigenvalue weighted by Gasteiger charge is -2.28. The number of aliphatic hydroxyl groups excluding tert-OH is 3. The third-order valence-electron chi connectivity index (χ3n) is 7.14. The molecule has 1 aliphatic rings. The first-order valence-electron chi connectivity index (χ1n) is 15.7. The zero-order chi connectivity index (χ0) is 35.8. The maximum absolute atomic E-state index is 12.8. The van der Waals surface area contributed by atoms with E-state index < -0.39 is 49.2 Å². The number of carboxylic acids is 1. The van der Waals surface area contributed by atoms with Gasteiger partial charge in [-0.15, -0.1) is 0 Å². The number of benzene rings is 1. The number of aliphatic hydroxyl groups is 3. The number of likely N-dealkylation sites (tertiary alicyclic amines) is 1. The third kappa shape index (κ3) is 13.1. The Bertz CT molecular complexity index is 1270. The van der Waals surface area contributed by atoms with Crippen LogP contribution in [0.25, 0.3) is 0 Å². The van der Waals surface area contributed by atoms with Crippen molar-refractivity contribution < 1.29 is 63.4 Å². The number of nitrogens with zero attached hydrogens (tertiary/aromatic N) is 1. The molecule has 1 saturated heterocycles. The standard InChI is InChI=1S/C31H46N4O13/c1-4-32-31(45)46-17-20-9-10-23(47-30(22(38)16-36)48-27(19(3)37)29(43)44)21(15-20)34-25(40)11-12-33-24(39)8-6-5-7-13-35-26(41)14-18(2)28(35)42/h9-10,15,18-19,22,27,30,36-38H,4-8,11-14,16-17H2,1-3H3,(H,32,45)(H,33,39)(H,34,40)(H,43,44)/t18?,19-,22-,27?,30?/m0/s1.